The fourth-order valence-corrected chi connectivity index (χ4v) is 4.69. The van der Waals surface area contributed by atoms with E-state index in [4.69, 9.17) is 5.73 Å². The summed E-state index contributed by atoms with van der Waals surface area (Å²) in [5, 5.41) is 0. The summed E-state index contributed by atoms with van der Waals surface area (Å²) in [6.45, 7) is 2.92. The molecule has 2 aromatic carbocycles. The van der Waals surface area contributed by atoms with Gasteiger partial charge in [0.25, 0.3) is 0 Å². The first-order valence-electron chi connectivity index (χ1n) is 9.73. The molecule has 0 spiro atoms. The van der Waals surface area contributed by atoms with E-state index in [0.29, 0.717) is 37.2 Å². The number of primary amides is 1. The van der Waals surface area contributed by atoms with Crippen molar-refractivity contribution < 1.29 is 4.79 Å². The lowest BCUT2D eigenvalue weighted by Gasteiger charge is -2.48. The number of amides is 1. The zero-order chi connectivity index (χ0) is 19.0. The van der Waals surface area contributed by atoms with Gasteiger partial charge in [-0.1, -0.05) is 36.8 Å². The molecule has 2 aromatic rings. The van der Waals surface area contributed by atoms with Crippen LogP contribution < -0.4 is 21.5 Å². The van der Waals surface area contributed by atoms with Crippen molar-refractivity contribution >= 4 is 11.6 Å². The molecule has 0 radical (unpaired) electrons. The van der Waals surface area contributed by atoms with Crippen LogP contribution in [0.4, 0.5) is 5.69 Å². The van der Waals surface area contributed by atoms with Crippen LogP contribution in [0.15, 0.2) is 39.9 Å². The Labute approximate surface area is 158 Å². The molecule has 2 N–H and O–H groups in total. The highest BCUT2D eigenvalue weighted by Crippen LogP contribution is 2.35. The molecule has 0 unspecified atom stereocenters. The maximum atomic E-state index is 12.4. The van der Waals surface area contributed by atoms with Crippen LogP contribution in [0.5, 0.6) is 0 Å². The molecule has 1 amide bonds. The van der Waals surface area contributed by atoms with Crippen LogP contribution in [0.3, 0.4) is 0 Å². The summed E-state index contributed by atoms with van der Waals surface area (Å²) in [4.78, 5) is 41.1. The standard InChI is InChI=1S/C21H25N3O3/c22-20(27)21(24-11-5-2-6-12-24)9-13-23(14-10-21)17-16(18(25)19(17)26)15-7-3-1-4-8-15/h1,3-4,7-8H,2,5-6,9-14H2,(H2,22,27). The predicted molar refractivity (Wildman–Crippen MR) is 106 cm³/mol. The van der Waals surface area contributed by atoms with E-state index in [-0.39, 0.29) is 5.91 Å². The second-order valence-corrected chi connectivity index (χ2v) is 7.68. The van der Waals surface area contributed by atoms with E-state index in [1.807, 2.05) is 35.2 Å². The van der Waals surface area contributed by atoms with E-state index in [1.165, 1.54) is 6.42 Å². The molecule has 142 valence electrons. The number of anilines is 1. The minimum atomic E-state index is -0.624. The van der Waals surface area contributed by atoms with Crippen molar-refractivity contribution in [3.63, 3.8) is 0 Å². The minimum Gasteiger partial charge on any atom is -0.368 e. The number of hydrogen-bond acceptors (Lipinski definition) is 5. The summed E-state index contributed by atoms with van der Waals surface area (Å²) < 4.78 is 0. The summed E-state index contributed by atoms with van der Waals surface area (Å²) in [6, 6.07) is 9.31. The summed E-state index contributed by atoms with van der Waals surface area (Å²) in [5.74, 6) is -0.266. The number of carbonyl (C=O) groups excluding carboxylic acids is 1. The van der Waals surface area contributed by atoms with Crippen molar-refractivity contribution in [1.82, 2.24) is 4.90 Å². The van der Waals surface area contributed by atoms with Gasteiger partial charge in [0.2, 0.25) is 16.8 Å². The van der Waals surface area contributed by atoms with Crippen LogP contribution >= 0.6 is 0 Å². The van der Waals surface area contributed by atoms with Crippen molar-refractivity contribution in [2.45, 2.75) is 37.6 Å². The Balaban J connectivity index is 1.58. The van der Waals surface area contributed by atoms with Crippen LogP contribution in [0.2, 0.25) is 0 Å². The van der Waals surface area contributed by atoms with E-state index >= 15 is 0 Å². The lowest BCUT2D eigenvalue weighted by Crippen LogP contribution is -2.64. The second kappa shape index (κ2) is 6.93. The number of rotatable bonds is 4. The Morgan fingerprint density at radius 3 is 2.11 bits per heavy atom. The molecule has 0 saturated carbocycles. The minimum absolute atomic E-state index is 0.266. The molecule has 0 aliphatic carbocycles. The third-order valence-electron chi connectivity index (χ3n) is 6.27. The Bertz CT molecular complexity index is 901. The highest BCUT2D eigenvalue weighted by Gasteiger charge is 2.46. The van der Waals surface area contributed by atoms with Gasteiger partial charge in [-0.25, -0.2) is 0 Å². The zero-order valence-corrected chi connectivity index (χ0v) is 15.4. The number of carbonyl (C=O) groups is 1. The molecular formula is C21H25N3O3. The summed E-state index contributed by atoms with van der Waals surface area (Å²) in [6.07, 6.45) is 4.57. The monoisotopic (exact) mass is 367 g/mol. The van der Waals surface area contributed by atoms with Crippen LogP contribution in [0.25, 0.3) is 11.1 Å². The maximum Gasteiger partial charge on any atom is 0.250 e. The van der Waals surface area contributed by atoms with Gasteiger partial charge in [0.1, 0.15) is 11.2 Å². The highest BCUT2D eigenvalue weighted by molar-refractivity contribution is 5.86. The molecule has 2 aliphatic heterocycles. The van der Waals surface area contributed by atoms with Crippen molar-refractivity contribution in [3.8, 4) is 11.1 Å². The summed E-state index contributed by atoms with van der Waals surface area (Å²) >= 11 is 0. The topological polar surface area (TPSA) is 83.7 Å². The smallest absolute Gasteiger partial charge is 0.250 e. The van der Waals surface area contributed by atoms with Crippen molar-refractivity contribution in [3.05, 3.63) is 50.8 Å². The van der Waals surface area contributed by atoms with Gasteiger partial charge in [-0.15, -0.1) is 0 Å². The summed E-state index contributed by atoms with van der Waals surface area (Å²) in [5.41, 5.74) is 6.16. The van der Waals surface area contributed by atoms with E-state index in [1.54, 1.807) is 0 Å². The SMILES string of the molecule is NC(=O)C1(N2CCCCC2)CCN(c2c(-c3ccccc3)c(=O)c2=O)CC1. The molecule has 0 bridgehead atoms. The largest absolute Gasteiger partial charge is 0.368 e. The van der Waals surface area contributed by atoms with Gasteiger partial charge in [0.05, 0.1) is 5.56 Å². The van der Waals surface area contributed by atoms with E-state index in [2.05, 4.69) is 4.90 Å². The fraction of sp³-hybridized carbons (Fsp3) is 0.476. The normalized spacial score (nSPS) is 20.7. The van der Waals surface area contributed by atoms with Crippen molar-refractivity contribution in [2.24, 2.45) is 5.73 Å². The van der Waals surface area contributed by atoms with Crippen LogP contribution in [0, 0.1) is 0 Å². The number of likely N-dealkylation sites (tertiary alicyclic amines) is 1. The number of hydrogen-bond donors (Lipinski definition) is 1. The van der Waals surface area contributed by atoms with Crippen LogP contribution in [-0.2, 0) is 4.79 Å². The summed E-state index contributed by atoms with van der Waals surface area (Å²) in [7, 11) is 0. The van der Waals surface area contributed by atoms with Crippen molar-refractivity contribution in [1.29, 1.82) is 0 Å². The lowest BCUT2D eigenvalue weighted by molar-refractivity contribution is -0.132. The molecule has 2 saturated heterocycles. The van der Waals surface area contributed by atoms with Gasteiger partial charge in [0.15, 0.2) is 0 Å². The average molecular weight is 367 g/mol. The Morgan fingerprint density at radius 1 is 0.889 bits per heavy atom. The van der Waals surface area contributed by atoms with Gasteiger partial charge in [-0.2, -0.15) is 0 Å². The van der Waals surface area contributed by atoms with Gasteiger partial charge in [-0.3, -0.25) is 19.3 Å². The Kier molecular flexibility index (Phi) is 4.60. The molecule has 0 atom stereocenters. The van der Waals surface area contributed by atoms with Gasteiger partial charge < -0.3 is 10.6 Å². The van der Waals surface area contributed by atoms with Crippen LogP contribution in [-0.4, -0.2) is 42.5 Å². The first-order valence-corrected chi connectivity index (χ1v) is 9.73. The van der Waals surface area contributed by atoms with E-state index in [0.717, 1.165) is 31.5 Å². The van der Waals surface area contributed by atoms with Gasteiger partial charge >= 0.3 is 0 Å². The highest BCUT2D eigenvalue weighted by atomic mass is 16.2. The molecule has 6 nitrogen and oxygen atoms in total. The second-order valence-electron chi connectivity index (χ2n) is 7.68. The first-order chi connectivity index (χ1) is 13.0. The predicted octanol–water partition coefficient (Wildman–Crippen LogP) is 1.26. The molecular weight excluding hydrogens is 342 g/mol. The number of nitrogens with two attached hydrogens (primary N) is 1. The molecule has 2 heterocycles. The van der Waals surface area contributed by atoms with E-state index in [9.17, 15) is 14.4 Å². The fourth-order valence-electron chi connectivity index (χ4n) is 4.69. The Hall–Kier alpha value is -2.47. The van der Waals surface area contributed by atoms with Crippen molar-refractivity contribution in [2.75, 3.05) is 31.1 Å². The Morgan fingerprint density at radius 2 is 1.52 bits per heavy atom. The molecule has 2 aliphatic rings. The van der Waals surface area contributed by atoms with E-state index < -0.39 is 16.4 Å². The van der Waals surface area contributed by atoms with Gasteiger partial charge in [-0.05, 0) is 44.3 Å². The molecule has 6 heteroatoms. The number of nitrogens with zero attached hydrogens (tertiary/aromatic N) is 2. The quantitative estimate of drug-likeness (QED) is 0.823. The van der Waals surface area contributed by atoms with Gasteiger partial charge in [0, 0.05) is 13.1 Å². The molecule has 2 fully saturated rings. The zero-order valence-electron chi connectivity index (χ0n) is 15.4. The third-order valence-corrected chi connectivity index (χ3v) is 6.27. The average Bonchev–Trinajstić information content (AvgIpc) is 2.72. The molecule has 4 rings (SSSR count). The number of benzene rings is 1. The first kappa shape index (κ1) is 17.9. The molecule has 0 aromatic heterocycles. The number of piperidine rings is 2. The lowest BCUT2D eigenvalue weighted by atomic mass is 9.82. The van der Waals surface area contributed by atoms with Crippen LogP contribution in [0.1, 0.15) is 32.1 Å². The third kappa shape index (κ3) is 2.88. The maximum absolute atomic E-state index is 12.4. The molecule has 27 heavy (non-hydrogen) atoms.